The maximum absolute atomic E-state index is 11.2. The summed E-state index contributed by atoms with van der Waals surface area (Å²) in [5.74, 6) is -1.92. The summed E-state index contributed by atoms with van der Waals surface area (Å²) in [7, 11) is 0. The van der Waals surface area contributed by atoms with Crippen LogP contribution in [0.4, 0.5) is 5.69 Å². The Morgan fingerprint density at radius 3 is 2.59 bits per heavy atom. The van der Waals surface area contributed by atoms with Crippen LogP contribution in [0.5, 0.6) is 0 Å². The zero-order valence-corrected chi connectivity index (χ0v) is 9.84. The molecule has 0 unspecified atom stereocenters. The number of rotatable bonds is 3. The number of hydrogen-bond acceptors (Lipinski definition) is 3. The highest BCUT2D eigenvalue weighted by molar-refractivity contribution is 6.37. The summed E-state index contributed by atoms with van der Waals surface area (Å²) in [6.07, 6.45) is -0.391. The number of halogens is 2. The van der Waals surface area contributed by atoms with Crippen LogP contribution in [0.3, 0.4) is 0 Å². The summed E-state index contributed by atoms with van der Waals surface area (Å²) in [4.78, 5) is 22.1. The minimum atomic E-state index is -1.28. The van der Waals surface area contributed by atoms with Crippen LogP contribution in [0.15, 0.2) is 12.1 Å². The third-order valence-corrected chi connectivity index (χ3v) is 2.31. The maximum Gasteiger partial charge on any atom is 0.337 e. The first-order valence-electron chi connectivity index (χ1n) is 4.35. The number of nitriles is 1. The van der Waals surface area contributed by atoms with Gasteiger partial charge >= 0.3 is 5.97 Å². The number of carbonyl (C=O) groups is 2. The minimum absolute atomic E-state index is 0.00110. The van der Waals surface area contributed by atoms with E-state index in [0.29, 0.717) is 0 Å². The molecule has 0 spiro atoms. The molecule has 0 aromatic heterocycles. The standard InChI is InChI=1S/C10H6Cl2N2O3/c11-5-3-6(10(16)17)9(7(12)4-5)14-8(15)1-2-13/h3-4H,1H2,(H,14,15)(H,16,17). The number of carboxylic acid groups (broad SMARTS) is 1. The highest BCUT2D eigenvalue weighted by Crippen LogP contribution is 2.30. The van der Waals surface area contributed by atoms with Crippen molar-refractivity contribution in [2.75, 3.05) is 5.32 Å². The molecule has 0 fully saturated rings. The Hall–Kier alpha value is -1.77. The Kier molecular flexibility index (Phi) is 4.32. The number of hydrogen-bond donors (Lipinski definition) is 2. The fourth-order valence-corrected chi connectivity index (χ4v) is 1.67. The second kappa shape index (κ2) is 5.53. The van der Waals surface area contributed by atoms with E-state index in [-0.39, 0.29) is 21.3 Å². The molecule has 7 heteroatoms. The van der Waals surface area contributed by atoms with Crippen molar-refractivity contribution >= 4 is 40.8 Å². The highest BCUT2D eigenvalue weighted by Gasteiger charge is 2.16. The number of aromatic carboxylic acids is 1. The Balaban J connectivity index is 3.18. The molecule has 0 atom stereocenters. The third-order valence-electron chi connectivity index (χ3n) is 1.79. The molecule has 1 aromatic rings. The maximum atomic E-state index is 11.2. The number of nitrogens with one attached hydrogen (secondary N) is 1. The molecule has 88 valence electrons. The van der Waals surface area contributed by atoms with Gasteiger partial charge < -0.3 is 10.4 Å². The van der Waals surface area contributed by atoms with Crippen molar-refractivity contribution in [1.29, 1.82) is 5.26 Å². The van der Waals surface area contributed by atoms with Gasteiger partial charge in [-0.2, -0.15) is 5.26 Å². The number of amides is 1. The topological polar surface area (TPSA) is 90.2 Å². The van der Waals surface area contributed by atoms with Gasteiger partial charge in [-0.3, -0.25) is 4.79 Å². The molecule has 2 N–H and O–H groups in total. The lowest BCUT2D eigenvalue weighted by Crippen LogP contribution is -2.14. The van der Waals surface area contributed by atoms with E-state index in [4.69, 9.17) is 33.6 Å². The molecule has 17 heavy (non-hydrogen) atoms. The molecule has 0 aliphatic rings. The van der Waals surface area contributed by atoms with E-state index < -0.39 is 18.3 Å². The van der Waals surface area contributed by atoms with Crippen LogP contribution >= 0.6 is 23.2 Å². The first-order chi connectivity index (χ1) is 7.95. The Labute approximate surface area is 107 Å². The van der Waals surface area contributed by atoms with Crippen molar-refractivity contribution in [3.8, 4) is 6.07 Å². The van der Waals surface area contributed by atoms with Crippen LogP contribution in [-0.4, -0.2) is 17.0 Å². The summed E-state index contributed by atoms with van der Waals surface area (Å²) in [5, 5.41) is 19.6. The summed E-state index contributed by atoms with van der Waals surface area (Å²) in [6, 6.07) is 4.11. The van der Waals surface area contributed by atoms with Crippen LogP contribution in [0.25, 0.3) is 0 Å². The average molecular weight is 273 g/mol. The van der Waals surface area contributed by atoms with Crippen molar-refractivity contribution in [3.05, 3.63) is 27.7 Å². The van der Waals surface area contributed by atoms with E-state index in [2.05, 4.69) is 5.32 Å². The summed E-state index contributed by atoms with van der Waals surface area (Å²) in [5.41, 5.74) is -0.294. The van der Waals surface area contributed by atoms with Crippen LogP contribution in [0.2, 0.25) is 10.0 Å². The van der Waals surface area contributed by atoms with Gasteiger partial charge in [-0.05, 0) is 12.1 Å². The number of carbonyl (C=O) groups excluding carboxylic acids is 1. The monoisotopic (exact) mass is 272 g/mol. The van der Waals surface area contributed by atoms with Crippen LogP contribution in [0.1, 0.15) is 16.8 Å². The lowest BCUT2D eigenvalue weighted by molar-refractivity contribution is -0.115. The largest absolute Gasteiger partial charge is 0.478 e. The van der Waals surface area contributed by atoms with E-state index >= 15 is 0 Å². The molecule has 1 rings (SSSR count). The Bertz CT molecular complexity index is 523. The van der Waals surface area contributed by atoms with Gasteiger partial charge in [0.15, 0.2) is 0 Å². The van der Waals surface area contributed by atoms with Crippen molar-refractivity contribution in [2.45, 2.75) is 6.42 Å². The first kappa shape index (κ1) is 13.3. The zero-order chi connectivity index (χ0) is 13.0. The highest BCUT2D eigenvalue weighted by atomic mass is 35.5. The van der Waals surface area contributed by atoms with Gasteiger partial charge in [-0.1, -0.05) is 23.2 Å². The zero-order valence-electron chi connectivity index (χ0n) is 8.33. The van der Waals surface area contributed by atoms with Gasteiger partial charge in [0.25, 0.3) is 0 Å². The predicted octanol–water partition coefficient (Wildman–Crippen LogP) is 2.54. The van der Waals surface area contributed by atoms with Gasteiger partial charge in [-0.25, -0.2) is 4.79 Å². The first-order valence-corrected chi connectivity index (χ1v) is 5.10. The van der Waals surface area contributed by atoms with Gasteiger partial charge in [0.2, 0.25) is 5.91 Å². The third kappa shape index (κ3) is 3.34. The molecular formula is C10H6Cl2N2O3. The van der Waals surface area contributed by atoms with E-state index in [1.807, 2.05) is 0 Å². The minimum Gasteiger partial charge on any atom is -0.478 e. The number of nitrogens with zero attached hydrogens (tertiary/aromatic N) is 1. The van der Waals surface area contributed by atoms with Crippen molar-refractivity contribution in [3.63, 3.8) is 0 Å². The second-order valence-electron chi connectivity index (χ2n) is 3.00. The normalized spacial score (nSPS) is 9.47. The summed E-state index contributed by atoms with van der Waals surface area (Å²) < 4.78 is 0. The van der Waals surface area contributed by atoms with Gasteiger partial charge in [0.1, 0.15) is 6.42 Å². The quantitative estimate of drug-likeness (QED) is 0.885. The number of carboxylic acids is 1. The molecule has 1 aromatic carbocycles. The van der Waals surface area contributed by atoms with Gasteiger partial charge in [-0.15, -0.1) is 0 Å². The second-order valence-corrected chi connectivity index (χ2v) is 3.84. The smallest absolute Gasteiger partial charge is 0.337 e. The molecule has 0 bridgehead atoms. The van der Waals surface area contributed by atoms with Crippen molar-refractivity contribution < 1.29 is 14.7 Å². The number of benzene rings is 1. The van der Waals surface area contributed by atoms with Gasteiger partial charge in [0.05, 0.1) is 22.3 Å². The molecule has 1 amide bonds. The molecule has 0 saturated carbocycles. The molecule has 0 saturated heterocycles. The SMILES string of the molecule is N#CCC(=O)Nc1c(Cl)cc(Cl)cc1C(=O)O. The van der Waals surface area contributed by atoms with E-state index in [0.717, 1.165) is 6.07 Å². The fourth-order valence-electron chi connectivity index (χ4n) is 1.12. The molecule has 0 aliphatic carbocycles. The predicted molar refractivity (Wildman–Crippen MR) is 62.3 cm³/mol. The van der Waals surface area contributed by atoms with E-state index in [9.17, 15) is 9.59 Å². The average Bonchev–Trinajstić information content (AvgIpc) is 2.21. The lowest BCUT2D eigenvalue weighted by Gasteiger charge is -2.09. The van der Waals surface area contributed by atoms with Crippen molar-refractivity contribution in [2.24, 2.45) is 0 Å². The summed E-state index contributed by atoms with van der Waals surface area (Å²) in [6.45, 7) is 0. The number of anilines is 1. The molecule has 5 nitrogen and oxygen atoms in total. The Morgan fingerprint density at radius 1 is 1.41 bits per heavy atom. The van der Waals surface area contributed by atoms with E-state index in [1.165, 1.54) is 6.07 Å². The Morgan fingerprint density at radius 2 is 2.06 bits per heavy atom. The molecular weight excluding hydrogens is 267 g/mol. The lowest BCUT2D eigenvalue weighted by atomic mass is 10.1. The molecule has 0 heterocycles. The molecule has 0 aliphatic heterocycles. The van der Waals surface area contributed by atoms with Crippen LogP contribution in [-0.2, 0) is 4.79 Å². The van der Waals surface area contributed by atoms with Gasteiger partial charge in [0, 0.05) is 5.02 Å². The molecule has 0 radical (unpaired) electrons. The summed E-state index contributed by atoms with van der Waals surface area (Å²) >= 11 is 11.4. The van der Waals surface area contributed by atoms with E-state index in [1.54, 1.807) is 6.07 Å². The van der Waals surface area contributed by atoms with Crippen LogP contribution < -0.4 is 5.32 Å². The van der Waals surface area contributed by atoms with Crippen LogP contribution in [0, 0.1) is 11.3 Å². The fraction of sp³-hybridized carbons (Fsp3) is 0.100. The van der Waals surface area contributed by atoms with Crippen molar-refractivity contribution in [1.82, 2.24) is 0 Å².